The number of esters is 3. The predicted octanol–water partition coefficient (Wildman–Crippen LogP) is 22.6. The number of ether oxygens (including phenoxy) is 3. The van der Waals surface area contributed by atoms with Crippen molar-refractivity contribution in [3.05, 3.63) is 109 Å². The molecule has 0 amide bonds. The lowest BCUT2D eigenvalue weighted by molar-refractivity contribution is -0.167. The van der Waals surface area contributed by atoms with Gasteiger partial charge in [0.2, 0.25) is 0 Å². The van der Waals surface area contributed by atoms with Gasteiger partial charge in [-0.25, -0.2) is 0 Å². The molecule has 0 aliphatic carbocycles. The van der Waals surface area contributed by atoms with Gasteiger partial charge in [-0.05, 0) is 128 Å². The van der Waals surface area contributed by atoms with Gasteiger partial charge in [-0.3, -0.25) is 14.4 Å². The number of carbonyl (C=O) groups is 3. The van der Waals surface area contributed by atoms with Crippen molar-refractivity contribution in [2.24, 2.45) is 0 Å². The second-order valence-corrected chi connectivity index (χ2v) is 21.6. The second kappa shape index (κ2) is 65.6. The lowest BCUT2D eigenvalue weighted by atomic mass is 10.1. The Morgan fingerprint density at radius 3 is 0.821 bits per heavy atom. The molecular weight excluding hydrogens is 961 g/mol. The highest BCUT2D eigenvalue weighted by atomic mass is 16.6. The summed E-state index contributed by atoms with van der Waals surface area (Å²) < 4.78 is 16.9. The smallest absolute Gasteiger partial charge is 0.306 e. The van der Waals surface area contributed by atoms with Crippen molar-refractivity contribution in [1.82, 2.24) is 0 Å². The fourth-order valence-corrected chi connectivity index (χ4v) is 9.06. The third-order valence-electron chi connectivity index (χ3n) is 14.0. The van der Waals surface area contributed by atoms with Crippen LogP contribution in [0.2, 0.25) is 0 Å². The average Bonchev–Trinajstić information content (AvgIpc) is 3.44. The van der Waals surface area contributed by atoms with E-state index in [1.807, 2.05) is 0 Å². The Morgan fingerprint density at radius 1 is 0.269 bits per heavy atom. The zero-order chi connectivity index (χ0) is 56.4. The molecule has 0 radical (unpaired) electrons. The molecule has 0 saturated heterocycles. The van der Waals surface area contributed by atoms with Gasteiger partial charge in [0.05, 0.1) is 0 Å². The molecular formula is C72H122O6. The van der Waals surface area contributed by atoms with Crippen LogP contribution in [0.25, 0.3) is 0 Å². The summed E-state index contributed by atoms with van der Waals surface area (Å²) in [6.07, 6.45) is 89.4. The highest BCUT2D eigenvalue weighted by molar-refractivity contribution is 5.71. The van der Waals surface area contributed by atoms with Gasteiger partial charge >= 0.3 is 17.9 Å². The van der Waals surface area contributed by atoms with Crippen molar-refractivity contribution in [2.75, 3.05) is 13.2 Å². The normalized spacial score (nSPS) is 12.8. The number of carbonyl (C=O) groups excluding carboxylic acids is 3. The third-order valence-corrected chi connectivity index (χ3v) is 14.0. The van der Waals surface area contributed by atoms with Gasteiger partial charge in [-0.1, -0.05) is 271 Å². The van der Waals surface area contributed by atoms with Crippen LogP contribution in [-0.4, -0.2) is 37.2 Å². The molecule has 6 heteroatoms. The van der Waals surface area contributed by atoms with E-state index in [-0.39, 0.29) is 31.1 Å². The van der Waals surface area contributed by atoms with Crippen molar-refractivity contribution in [1.29, 1.82) is 0 Å². The quantitative estimate of drug-likeness (QED) is 0.0261. The highest BCUT2D eigenvalue weighted by Gasteiger charge is 2.19. The maximum Gasteiger partial charge on any atom is 0.306 e. The van der Waals surface area contributed by atoms with E-state index in [0.717, 1.165) is 122 Å². The maximum absolute atomic E-state index is 12.9. The topological polar surface area (TPSA) is 78.9 Å². The van der Waals surface area contributed by atoms with Crippen molar-refractivity contribution >= 4 is 17.9 Å². The van der Waals surface area contributed by atoms with Gasteiger partial charge in [0, 0.05) is 19.3 Å². The van der Waals surface area contributed by atoms with E-state index in [9.17, 15) is 14.4 Å². The first-order valence-electron chi connectivity index (χ1n) is 32.9. The van der Waals surface area contributed by atoms with Gasteiger partial charge in [-0.2, -0.15) is 0 Å². The van der Waals surface area contributed by atoms with Crippen LogP contribution in [0.15, 0.2) is 109 Å². The summed E-state index contributed by atoms with van der Waals surface area (Å²) in [5, 5.41) is 0. The summed E-state index contributed by atoms with van der Waals surface area (Å²) in [5.74, 6) is -0.906. The van der Waals surface area contributed by atoms with E-state index < -0.39 is 6.10 Å². The van der Waals surface area contributed by atoms with Crippen molar-refractivity contribution < 1.29 is 28.6 Å². The SMILES string of the molecule is CC/C=C\C/C=C\C/C=C\C/C=C\C/C=C\C/C=C\CCCCCCCCC(=O)OCC(COC(=O)CCCCCCCCC/C=C\C/C=C\CCCCC)OC(=O)CCCCCCCCC/C=C\CCCCCCCCC. The van der Waals surface area contributed by atoms with E-state index >= 15 is 0 Å². The first-order valence-corrected chi connectivity index (χ1v) is 32.9. The summed E-state index contributed by atoms with van der Waals surface area (Å²) in [6, 6.07) is 0. The number of allylic oxidation sites excluding steroid dienone is 18. The standard InChI is InChI=1S/C72H122O6/c1-4-7-10-13-16-19-22-25-28-31-33-34-35-36-37-38-39-42-44-47-50-53-56-59-62-65-71(74)77-68-69(67-76-70(73)64-61-58-55-52-49-46-43-40-30-27-24-21-18-15-12-9-6-3)78-72(75)66-63-60-57-54-51-48-45-41-32-29-26-23-20-17-14-11-8-5-2/h7,10,16,18-19,21,25,27-30,32-34,36-37,39,42,69H,4-6,8-9,11-15,17,20,22-24,26,31,35,38,40-41,43-68H2,1-3H3/b10-7-,19-16-,21-18-,28-25-,30-27-,32-29-,34-33-,37-36-,42-39-. The Bertz CT molecular complexity index is 1570. The molecule has 0 rings (SSSR count). The highest BCUT2D eigenvalue weighted by Crippen LogP contribution is 2.15. The first-order chi connectivity index (χ1) is 38.5. The summed E-state index contributed by atoms with van der Waals surface area (Å²) in [6.45, 7) is 6.50. The molecule has 0 aromatic rings. The van der Waals surface area contributed by atoms with Crippen molar-refractivity contribution in [2.45, 2.75) is 316 Å². The second-order valence-electron chi connectivity index (χ2n) is 21.6. The molecule has 78 heavy (non-hydrogen) atoms. The number of unbranched alkanes of at least 4 members (excludes halogenated alkanes) is 30. The fourth-order valence-electron chi connectivity index (χ4n) is 9.06. The molecule has 1 unspecified atom stereocenters. The zero-order valence-corrected chi connectivity index (χ0v) is 51.2. The van der Waals surface area contributed by atoms with Crippen LogP contribution in [0, 0.1) is 0 Å². The van der Waals surface area contributed by atoms with E-state index in [1.165, 1.54) is 148 Å². The van der Waals surface area contributed by atoms with Gasteiger partial charge in [0.25, 0.3) is 0 Å². The van der Waals surface area contributed by atoms with Gasteiger partial charge in [0.15, 0.2) is 6.10 Å². The monoisotopic (exact) mass is 1080 g/mol. The Kier molecular flexibility index (Phi) is 62.3. The van der Waals surface area contributed by atoms with Gasteiger partial charge < -0.3 is 14.2 Å². The molecule has 6 nitrogen and oxygen atoms in total. The molecule has 0 aromatic carbocycles. The molecule has 1 atom stereocenters. The van der Waals surface area contributed by atoms with E-state index in [4.69, 9.17) is 14.2 Å². The van der Waals surface area contributed by atoms with E-state index in [2.05, 4.69) is 130 Å². The largest absolute Gasteiger partial charge is 0.462 e. The number of rotatable bonds is 59. The van der Waals surface area contributed by atoms with E-state index in [0.29, 0.717) is 19.3 Å². The predicted molar refractivity (Wildman–Crippen MR) is 339 cm³/mol. The number of hydrogen-bond donors (Lipinski definition) is 0. The zero-order valence-electron chi connectivity index (χ0n) is 51.2. The number of hydrogen-bond acceptors (Lipinski definition) is 6. The third kappa shape index (κ3) is 62.9. The minimum absolute atomic E-state index is 0.0889. The van der Waals surface area contributed by atoms with Crippen LogP contribution in [0.3, 0.4) is 0 Å². The summed E-state index contributed by atoms with van der Waals surface area (Å²) in [5.41, 5.74) is 0. The Morgan fingerprint density at radius 2 is 0.500 bits per heavy atom. The molecule has 446 valence electrons. The average molecular weight is 1080 g/mol. The Hall–Kier alpha value is -3.93. The Balaban J connectivity index is 4.42. The first kappa shape index (κ1) is 74.1. The molecule has 0 aliphatic rings. The summed E-state index contributed by atoms with van der Waals surface area (Å²) in [4.78, 5) is 38.4. The van der Waals surface area contributed by atoms with Crippen LogP contribution in [0.4, 0.5) is 0 Å². The van der Waals surface area contributed by atoms with Crippen LogP contribution < -0.4 is 0 Å². The lowest BCUT2D eigenvalue weighted by Gasteiger charge is -2.18. The van der Waals surface area contributed by atoms with Gasteiger partial charge in [0.1, 0.15) is 13.2 Å². The van der Waals surface area contributed by atoms with Crippen LogP contribution in [0.1, 0.15) is 310 Å². The Labute approximate surface area is 482 Å². The van der Waals surface area contributed by atoms with Crippen LogP contribution in [-0.2, 0) is 28.6 Å². The van der Waals surface area contributed by atoms with Crippen molar-refractivity contribution in [3.8, 4) is 0 Å². The fraction of sp³-hybridized carbons (Fsp3) is 0.708. The van der Waals surface area contributed by atoms with Crippen LogP contribution in [0.5, 0.6) is 0 Å². The minimum Gasteiger partial charge on any atom is -0.462 e. The molecule has 0 aliphatic heterocycles. The van der Waals surface area contributed by atoms with Crippen molar-refractivity contribution in [3.63, 3.8) is 0 Å². The van der Waals surface area contributed by atoms with Gasteiger partial charge in [-0.15, -0.1) is 0 Å². The van der Waals surface area contributed by atoms with Crippen LogP contribution >= 0.6 is 0 Å². The molecule has 0 N–H and O–H groups in total. The molecule has 0 heterocycles. The summed E-state index contributed by atoms with van der Waals surface area (Å²) >= 11 is 0. The molecule has 0 bridgehead atoms. The lowest BCUT2D eigenvalue weighted by Crippen LogP contribution is -2.30. The minimum atomic E-state index is -0.794. The van der Waals surface area contributed by atoms with E-state index in [1.54, 1.807) is 0 Å². The maximum atomic E-state index is 12.9. The molecule has 0 saturated carbocycles. The molecule has 0 aromatic heterocycles. The summed E-state index contributed by atoms with van der Waals surface area (Å²) in [7, 11) is 0. The molecule has 0 fully saturated rings. The molecule has 0 spiro atoms.